The van der Waals surface area contributed by atoms with Gasteiger partial charge in [-0.2, -0.15) is 0 Å². The molecule has 2 aromatic rings. The fraction of sp³-hybridized carbons (Fsp3) is 0.500. The van der Waals surface area contributed by atoms with Crippen LogP contribution in [0.25, 0.3) is 0 Å². The van der Waals surface area contributed by atoms with Crippen molar-refractivity contribution in [1.82, 2.24) is 20.3 Å². The van der Waals surface area contributed by atoms with E-state index in [2.05, 4.69) is 22.6 Å². The third-order valence-corrected chi connectivity index (χ3v) is 3.27. The van der Waals surface area contributed by atoms with Gasteiger partial charge < -0.3 is 10.1 Å². The van der Waals surface area contributed by atoms with E-state index in [1.165, 1.54) is 0 Å². The molecule has 1 N–H and O–H groups in total. The molecular weight excluding hydrogens is 264 g/mol. The van der Waals surface area contributed by atoms with Gasteiger partial charge in [0.1, 0.15) is 5.75 Å². The van der Waals surface area contributed by atoms with Crippen LogP contribution in [0.2, 0.25) is 0 Å². The van der Waals surface area contributed by atoms with Crippen molar-refractivity contribution in [2.24, 2.45) is 7.05 Å². The van der Waals surface area contributed by atoms with E-state index in [9.17, 15) is 0 Å². The van der Waals surface area contributed by atoms with Crippen molar-refractivity contribution in [2.45, 2.75) is 32.2 Å². The fourth-order valence-electron chi connectivity index (χ4n) is 2.20. The summed E-state index contributed by atoms with van der Waals surface area (Å²) in [5, 5.41) is 11.7. The van der Waals surface area contributed by atoms with Gasteiger partial charge in [-0.25, -0.2) is 0 Å². The number of nitrogens with one attached hydrogen (secondary N) is 1. The van der Waals surface area contributed by atoms with E-state index >= 15 is 0 Å². The first-order chi connectivity index (χ1) is 10.3. The largest absolute Gasteiger partial charge is 0.494 e. The van der Waals surface area contributed by atoms with Gasteiger partial charge in [-0.05, 0) is 31.5 Å². The molecule has 0 spiro atoms. The summed E-state index contributed by atoms with van der Waals surface area (Å²) in [5.41, 5.74) is 1.02. The van der Waals surface area contributed by atoms with Gasteiger partial charge >= 0.3 is 0 Å². The first kappa shape index (κ1) is 15.5. The number of benzene rings is 1. The first-order valence-electron chi connectivity index (χ1n) is 7.54. The lowest BCUT2D eigenvalue weighted by Gasteiger charge is -2.17. The van der Waals surface area contributed by atoms with Gasteiger partial charge in [0.15, 0.2) is 0 Å². The molecule has 1 atom stereocenters. The van der Waals surface area contributed by atoms with Crippen LogP contribution in [0.4, 0.5) is 0 Å². The number of hydrogen-bond acceptors (Lipinski definition) is 4. The second-order valence-electron chi connectivity index (χ2n) is 5.19. The molecule has 0 bridgehead atoms. The van der Waals surface area contributed by atoms with E-state index in [1.54, 1.807) is 4.68 Å². The number of hydrogen-bond donors (Lipinski definition) is 1. The number of aryl methyl sites for hydroxylation is 1. The Balaban J connectivity index is 1.81. The Morgan fingerprint density at radius 2 is 2.10 bits per heavy atom. The van der Waals surface area contributed by atoms with Gasteiger partial charge in [0.05, 0.1) is 12.3 Å². The number of nitrogens with zero attached hydrogens (tertiary/aromatic N) is 3. The van der Waals surface area contributed by atoms with Crippen LogP contribution in [0.1, 0.15) is 25.5 Å². The van der Waals surface area contributed by atoms with Crippen molar-refractivity contribution in [2.75, 3.05) is 13.2 Å². The van der Waals surface area contributed by atoms with Gasteiger partial charge in [0.2, 0.25) is 0 Å². The molecule has 1 aromatic heterocycles. The molecular formula is C16H24N4O. The lowest BCUT2D eigenvalue weighted by atomic mass is 10.1. The first-order valence-corrected chi connectivity index (χ1v) is 7.54. The Bertz CT molecular complexity index is 512. The Morgan fingerprint density at radius 1 is 1.29 bits per heavy atom. The number of rotatable bonds is 9. The maximum Gasteiger partial charge on any atom is 0.119 e. The third kappa shape index (κ3) is 5.55. The van der Waals surface area contributed by atoms with Gasteiger partial charge in [-0.15, -0.1) is 5.10 Å². The zero-order valence-electron chi connectivity index (χ0n) is 12.8. The van der Waals surface area contributed by atoms with Gasteiger partial charge in [0.25, 0.3) is 0 Å². The lowest BCUT2D eigenvalue weighted by Crippen LogP contribution is -2.33. The Hall–Kier alpha value is -1.88. The van der Waals surface area contributed by atoms with Crippen molar-refractivity contribution in [3.63, 3.8) is 0 Å². The maximum absolute atomic E-state index is 5.78. The summed E-state index contributed by atoms with van der Waals surface area (Å²) in [5.74, 6) is 0.922. The Kier molecular flexibility index (Phi) is 6.22. The quantitative estimate of drug-likeness (QED) is 0.768. The van der Waals surface area contributed by atoms with Crippen LogP contribution in [-0.4, -0.2) is 34.2 Å². The van der Waals surface area contributed by atoms with Crippen molar-refractivity contribution < 1.29 is 4.74 Å². The smallest absolute Gasteiger partial charge is 0.119 e. The molecule has 0 aliphatic rings. The average Bonchev–Trinajstić information content (AvgIpc) is 2.91. The molecule has 5 nitrogen and oxygen atoms in total. The second-order valence-corrected chi connectivity index (χ2v) is 5.19. The van der Waals surface area contributed by atoms with Crippen LogP contribution in [0.3, 0.4) is 0 Å². The zero-order valence-corrected chi connectivity index (χ0v) is 12.8. The van der Waals surface area contributed by atoms with Crippen LogP contribution >= 0.6 is 0 Å². The van der Waals surface area contributed by atoms with E-state index < -0.39 is 0 Å². The molecule has 0 fully saturated rings. The molecule has 1 aromatic carbocycles. The molecule has 0 aliphatic heterocycles. The highest BCUT2D eigenvalue weighted by Gasteiger charge is 2.11. The molecule has 0 aliphatic carbocycles. The summed E-state index contributed by atoms with van der Waals surface area (Å²) in [4.78, 5) is 0. The highest BCUT2D eigenvalue weighted by molar-refractivity contribution is 5.20. The minimum absolute atomic E-state index is 0.366. The van der Waals surface area contributed by atoms with Crippen LogP contribution in [-0.2, 0) is 13.5 Å². The molecule has 5 heteroatoms. The molecule has 0 radical (unpaired) electrons. The van der Waals surface area contributed by atoms with Crippen LogP contribution in [0.5, 0.6) is 5.75 Å². The predicted molar refractivity (Wildman–Crippen MR) is 83.3 cm³/mol. The van der Waals surface area contributed by atoms with Crippen LogP contribution in [0, 0.1) is 0 Å². The molecule has 0 saturated heterocycles. The highest BCUT2D eigenvalue weighted by Crippen LogP contribution is 2.10. The SMILES string of the molecule is CCCNC(CCOc1ccccc1)Cc1cn(C)nn1. The van der Waals surface area contributed by atoms with E-state index in [0.717, 1.165) is 37.3 Å². The molecule has 1 heterocycles. The van der Waals surface area contributed by atoms with Gasteiger partial charge in [-0.1, -0.05) is 30.3 Å². The summed E-state index contributed by atoms with van der Waals surface area (Å²) < 4.78 is 7.52. The summed E-state index contributed by atoms with van der Waals surface area (Å²) in [6.07, 6.45) is 4.92. The van der Waals surface area contributed by atoms with E-state index in [-0.39, 0.29) is 0 Å². The lowest BCUT2D eigenvalue weighted by molar-refractivity contribution is 0.284. The maximum atomic E-state index is 5.78. The molecule has 114 valence electrons. The zero-order chi connectivity index (χ0) is 14.9. The summed E-state index contributed by atoms with van der Waals surface area (Å²) in [7, 11) is 1.89. The molecule has 1 unspecified atom stereocenters. The average molecular weight is 288 g/mol. The molecule has 0 amide bonds. The Labute approximate surface area is 126 Å². The summed E-state index contributed by atoms with van der Waals surface area (Å²) >= 11 is 0. The minimum atomic E-state index is 0.366. The van der Waals surface area contributed by atoms with Crippen LogP contribution < -0.4 is 10.1 Å². The Morgan fingerprint density at radius 3 is 2.76 bits per heavy atom. The van der Waals surface area contributed by atoms with Crippen molar-refractivity contribution in [3.05, 3.63) is 42.2 Å². The van der Waals surface area contributed by atoms with Gasteiger partial charge in [0, 0.05) is 25.7 Å². The molecule has 0 saturated carbocycles. The normalized spacial score (nSPS) is 12.3. The fourth-order valence-corrected chi connectivity index (χ4v) is 2.20. The summed E-state index contributed by atoms with van der Waals surface area (Å²) in [6, 6.07) is 10.3. The third-order valence-electron chi connectivity index (χ3n) is 3.27. The van der Waals surface area contributed by atoms with Crippen LogP contribution in [0.15, 0.2) is 36.5 Å². The standard InChI is InChI=1S/C16H24N4O/c1-3-10-17-14(12-15-13-20(2)19-18-15)9-11-21-16-7-5-4-6-8-16/h4-8,13-14,17H,3,9-12H2,1-2H3. The number of aromatic nitrogens is 3. The predicted octanol–water partition coefficient (Wildman–Crippen LogP) is 2.19. The van der Waals surface area contributed by atoms with Crippen molar-refractivity contribution in [3.8, 4) is 5.75 Å². The monoisotopic (exact) mass is 288 g/mol. The summed E-state index contributed by atoms with van der Waals surface area (Å²) in [6.45, 7) is 3.88. The molecule has 2 rings (SSSR count). The number of para-hydroxylation sites is 1. The van der Waals surface area contributed by atoms with Crippen molar-refractivity contribution in [1.29, 1.82) is 0 Å². The van der Waals surface area contributed by atoms with Crippen molar-refractivity contribution >= 4 is 0 Å². The van der Waals surface area contributed by atoms with E-state index in [1.807, 2.05) is 43.6 Å². The van der Waals surface area contributed by atoms with E-state index in [0.29, 0.717) is 12.6 Å². The molecule has 21 heavy (non-hydrogen) atoms. The van der Waals surface area contributed by atoms with Gasteiger partial charge in [-0.3, -0.25) is 4.68 Å². The highest BCUT2D eigenvalue weighted by atomic mass is 16.5. The van der Waals surface area contributed by atoms with E-state index in [4.69, 9.17) is 4.74 Å². The second kappa shape index (κ2) is 8.42. The minimum Gasteiger partial charge on any atom is -0.494 e. The number of ether oxygens (including phenoxy) is 1. The topological polar surface area (TPSA) is 52.0 Å².